The van der Waals surface area contributed by atoms with E-state index in [1.807, 2.05) is 0 Å². The fourth-order valence-corrected chi connectivity index (χ4v) is 0.428. The van der Waals surface area contributed by atoms with Crippen LogP contribution in [0.5, 0.6) is 0 Å². The zero-order chi connectivity index (χ0) is 21.7. The molecule has 6 N–H and O–H groups in total. The summed E-state index contributed by atoms with van der Waals surface area (Å²) in [4.78, 5) is 57.3. The zero-order valence-corrected chi connectivity index (χ0v) is 14.1. The van der Waals surface area contributed by atoms with Crippen LogP contribution in [-0.2, 0) is 45.7 Å². The third kappa shape index (κ3) is 151. The molecule has 0 aromatic carbocycles. The van der Waals surface area contributed by atoms with Gasteiger partial charge in [-0.1, -0.05) is 52.0 Å². The predicted octanol–water partition coefficient (Wildman–Crippen LogP) is 3.55. The van der Waals surface area contributed by atoms with Crippen molar-refractivity contribution in [3.8, 4) is 0 Å². The van der Waals surface area contributed by atoms with Crippen LogP contribution in [0.3, 0.4) is 0 Å². The maximum absolute atomic E-state index is 9.55. The van der Waals surface area contributed by atoms with Crippen molar-refractivity contribution < 1.29 is 76.4 Å². The quantitative estimate of drug-likeness (QED) is 0.274. The van der Waals surface area contributed by atoms with E-state index in [0.29, 0.717) is 36.5 Å². The molecule has 0 unspecified atom stereocenters. The van der Waals surface area contributed by atoms with Crippen molar-refractivity contribution in [1.29, 1.82) is 0 Å². The molecule has 13 heteroatoms. The van der Waals surface area contributed by atoms with Crippen LogP contribution in [0, 0.1) is 0 Å². The SMILES string of the molecule is C.C.C.C.C.C.C.O=C(O)/C=C/C(=O)O.O=C(O)/C=C/C(=O)O.O=C(O)/C=C/C(=O)O.[CH2]=[V]. The fraction of sp³-hybridized carbons (Fsp3) is 0.350. The van der Waals surface area contributed by atoms with Crippen LogP contribution >= 0.6 is 0 Å². The number of carboxylic acids is 6. The summed E-state index contributed by atoms with van der Waals surface area (Å²) < 4.78 is 0. The van der Waals surface area contributed by atoms with Crippen LogP contribution in [0.15, 0.2) is 36.5 Å². The molecular formula is C20H42O12V. The van der Waals surface area contributed by atoms with Gasteiger partial charge in [0.15, 0.2) is 0 Å². The normalized spacial score (nSPS) is 7.00. The first-order chi connectivity index (χ1) is 11.9. The van der Waals surface area contributed by atoms with Gasteiger partial charge in [-0.25, -0.2) is 28.8 Å². The molecule has 199 valence electrons. The predicted molar refractivity (Wildman–Crippen MR) is 127 cm³/mol. The van der Waals surface area contributed by atoms with Crippen molar-refractivity contribution in [1.82, 2.24) is 0 Å². The van der Waals surface area contributed by atoms with E-state index in [1.165, 1.54) is 0 Å². The minimum absolute atomic E-state index is 0. The van der Waals surface area contributed by atoms with E-state index in [2.05, 4.69) is 22.2 Å². The van der Waals surface area contributed by atoms with E-state index < -0.39 is 35.8 Å². The van der Waals surface area contributed by atoms with E-state index in [4.69, 9.17) is 30.6 Å². The van der Waals surface area contributed by atoms with Gasteiger partial charge in [0.05, 0.1) is 0 Å². The Morgan fingerprint density at radius 1 is 0.364 bits per heavy atom. The summed E-state index contributed by atoms with van der Waals surface area (Å²) >= 11 is 2.06. The van der Waals surface area contributed by atoms with Gasteiger partial charge in [0, 0.05) is 36.5 Å². The number of rotatable bonds is 6. The van der Waals surface area contributed by atoms with E-state index in [9.17, 15) is 28.8 Å². The molecule has 0 rings (SSSR count). The number of carbonyl (C=O) groups is 6. The van der Waals surface area contributed by atoms with Crippen molar-refractivity contribution in [2.75, 3.05) is 0 Å². The molecule has 12 nitrogen and oxygen atoms in total. The van der Waals surface area contributed by atoms with Gasteiger partial charge < -0.3 is 30.6 Å². The van der Waals surface area contributed by atoms with Crippen molar-refractivity contribution in [2.24, 2.45) is 0 Å². The third-order valence-electron chi connectivity index (χ3n) is 1.11. The second-order valence-electron chi connectivity index (χ2n) is 3.03. The first-order valence-corrected chi connectivity index (χ1v) is 6.60. The topological polar surface area (TPSA) is 224 Å². The zero-order valence-electron chi connectivity index (χ0n) is 12.8. The Labute approximate surface area is 206 Å². The molecule has 0 amide bonds. The second kappa shape index (κ2) is 51.3. The summed E-state index contributed by atoms with van der Waals surface area (Å²) in [5.41, 5.74) is 0. The summed E-state index contributed by atoms with van der Waals surface area (Å²) in [7, 11) is 0. The molecule has 0 aliphatic heterocycles. The molecule has 33 heavy (non-hydrogen) atoms. The van der Waals surface area contributed by atoms with E-state index >= 15 is 0 Å². The van der Waals surface area contributed by atoms with Crippen LogP contribution in [-0.4, -0.2) is 71.7 Å². The molecule has 0 aromatic heterocycles. The summed E-state index contributed by atoms with van der Waals surface area (Å²) in [5.74, 6) is -7.54. The Hall–Kier alpha value is -3.51. The van der Waals surface area contributed by atoms with Crippen LogP contribution < -0.4 is 0 Å². The molecule has 0 radical (unpaired) electrons. The average molecular weight is 525 g/mol. The molecule has 0 aromatic rings. The van der Waals surface area contributed by atoms with Gasteiger partial charge in [0.1, 0.15) is 0 Å². The Kier molecular flexibility index (Phi) is 109. The monoisotopic (exact) mass is 525 g/mol. The van der Waals surface area contributed by atoms with Gasteiger partial charge in [-0.2, -0.15) is 0 Å². The molecule has 0 fully saturated rings. The number of aliphatic carboxylic acids is 6. The summed E-state index contributed by atoms with van der Waals surface area (Å²) in [5, 5.41) is 50.1. The number of carboxylic acid groups (broad SMARTS) is 6. The van der Waals surface area contributed by atoms with Crippen LogP contribution in [0.2, 0.25) is 0 Å². The molecule has 0 spiro atoms. The Bertz CT molecular complexity index is 465. The van der Waals surface area contributed by atoms with E-state index in [-0.39, 0.29) is 52.0 Å². The summed E-state index contributed by atoms with van der Waals surface area (Å²) in [6.45, 7) is 0. The van der Waals surface area contributed by atoms with Crippen molar-refractivity contribution in [3.63, 3.8) is 0 Å². The standard InChI is InChI=1S/3C4H4O4.7CH4.CH2.V/c3*5-3(6)1-2-4(7)8;;;;;;;;;/h3*1-2H,(H,5,6)(H,7,8);7*1H4;1H2;/b3*2-1+;;;;;;;;;. The van der Waals surface area contributed by atoms with Gasteiger partial charge >= 0.3 is 58.0 Å². The first kappa shape index (κ1) is 70.0. The maximum atomic E-state index is 9.55. The van der Waals surface area contributed by atoms with Gasteiger partial charge in [-0.3, -0.25) is 0 Å². The Morgan fingerprint density at radius 2 is 0.424 bits per heavy atom. The molecule has 0 aliphatic carbocycles. The molecule has 0 saturated heterocycles. The van der Waals surface area contributed by atoms with Gasteiger partial charge in [0.25, 0.3) is 0 Å². The van der Waals surface area contributed by atoms with Crippen molar-refractivity contribution in [3.05, 3.63) is 36.5 Å². The molecule has 0 saturated carbocycles. The molecule has 0 bridgehead atoms. The van der Waals surface area contributed by atoms with Crippen LogP contribution in [0.1, 0.15) is 52.0 Å². The van der Waals surface area contributed by atoms with Gasteiger partial charge in [0.2, 0.25) is 0 Å². The Balaban J connectivity index is -0.0000000213. The van der Waals surface area contributed by atoms with E-state index in [0.717, 1.165) is 0 Å². The van der Waals surface area contributed by atoms with Crippen molar-refractivity contribution >= 4 is 41.0 Å². The molecule has 0 heterocycles. The molecule has 0 atom stereocenters. The molecule has 0 aliphatic rings. The molecular weight excluding hydrogens is 483 g/mol. The first-order valence-electron chi connectivity index (χ1n) is 5.61. The fourth-order valence-electron chi connectivity index (χ4n) is 0.428. The van der Waals surface area contributed by atoms with Gasteiger partial charge in [-0.15, -0.1) is 0 Å². The second-order valence-corrected chi connectivity index (χ2v) is 3.03. The third-order valence-corrected chi connectivity index (χ3v) is 1.11. The average Bonchev–Trinajstić information content (AvgIpc) is 2.52. The van der Waals surface area contributed by atoms with Crippen LogP contribution in [0.4, 0.5) is 0 Å². The summed E-state index contributed by atoms with van der Waals surface area (Å²) in [6, 6.07) is 0. The number of hydrogen-bond donors (Lipinski definition) is 6. The van der Waals surface area contributed by atoms with Gasteiger partial charge in [-0.05, 0) is 0 Å². The Morgan fingerprint density at radius 3 is 0.455 bits per heavy atom. The van der Waals surface area contributed by atoms with Crippen molar-refractivity contribution in [2.45, 2.75) is 52.0 Å². The minimum atomic E-state index is -1.26. The number of hydrogen-bond acceptors (Lipinski definition) is 6. The summed E-state index contributed by atoms with van der Waals surface area (Å²) in [6.07, 6.45) is 3.35. The van der Waals surface area contributed by atoms with E-state index in [1.54, 1.807) is 0 Å². The van der Waals surface area contributed by atoms with Crippen LogP contribution in [0.25, 0.3) is 0 Å².